The summed E-state index contributed by atoms with van der Waals surface area (Å²) in [6.07, 6.45) is 0. The molecule has 0 saturated heterocycles. The summed E-state index contributed by atoms with van der Waals surface area (Å²) in [5.74, 6) is 0.590. The van der Waals surface area contributed by atoms with Crippen LogP contribution in [0.1, 0.15) is 0 Å². The van der Waals surface area contributed by atoms with Gasteiger partial charge in [-0.2, -0.15) is 12.9 Å². The van der Waals surface area contributed by atoms with Crippen LogP contribution in [0.15, 0.2) is 36.4 Å². The molecule has 6 N–H and O–H groups in total. The van der Waals surface area contributed by atoms with Crippen molar-refractivity contribution < 1.29 is 65.3 Å². The third kappa shape index (κ3) is 9.74. The summed E-state index contributed by atoms with van der Waals surface area (Å²) in [5.41, 5.74) is 2.52. The van der Waals surface area contributed by atoms with Crippen LogP contribution >= 0.6 is 42.9 Å². The Kier molecular flexibility index (Phi) is 9.15. The van der Waals surface area contributed by atoms with Gasteiger partial charge in [-0.15, -0.1) is 0 Å². The van der Waals surface area contributed by atoms with Gasteiger partial charge in [-0.3, -0.25) is 0 Å². The molecule has 21 heteroatoms. The number of benzene rings is 1. The van der Waals surface area contributed by atoms with E-state index in [1.54, 1.807) is 13.2 Å². The molecule has 2 heterocycles. The maximum atomic E-state index is 10.7. The SMILES string of the molecule is COc1ccc2nc3cc(Cl)ccc3cc2n1.O=P(O)(O)OP(=O)(O)OP(=O)(O)OP(=O)(O)O. The molecule has 188 valence electrons. The molecule has 1 aromatic carbocycles. The molecule has 0 bridgehead atoms. The maximum absolute atomic E-state index is 10.7. The van der Waals surface area contributed by atoms with Gasteiger partial charge in [0.05, 0.1) is 23.7 Å². The number of hydrogen-bond donors (Lipinski definition) is 6. The Morgan fingerprint density at radius 1 is 0.706 bits per heavy atom. The molecule has 0 amide bonds. The molecular formula is C13H15ClN2O14P4. The van der Waals surface area contributed by atoms with Gasteiger partial charge in [0.2, 0.25) is 5.88 Å². The van der Waals surface area contributed by atoms with Crippen molar-refractivity contribution in [3.63, 3.8) is 0 Å². The number of fused-ring (bicyclic) bond motifs is 2. The van der Waals surface area contributed by atoms with Crippen LogP contribution in [0.2, 0.25) is 5.02 Å². The van der Waals surface area contributed by atoms with Gasteiger partial charge in [0.25, 0.3) is 0 Å². The molecule has 0 saturated carbocycles. The van der Waals surface area contributed by atoms with E-state index in [1.807, 2.05) is 30.3 Å². The first kappa shape index (κ1) is 28.9. The molecule has 2 atom stereocenters. The van der Waals surface area contributed by atoms with Crippen LogP contribution in [0, 0.1) is 0 Å². The van der Waals surface area contributed by atoms with E-state index in [-0.39, 0.29) is 0 Å². The fraction of sp³-hybridized carbons (Fsp3) is 0.0769. The molecule has 0 aliphatic carbocycles. The Morgan fingerprint density at radius 2 is 1.26 bits per heavy atom. The first-order valence-electron chi connectivity index (χ1n) is 8.20. The van der Waals surface area contributed by atoms with E-state index in [9.17, 15) is 18.3 Å². The highest BCUT2D eigenvalue weighted by Crippen LogP contribution is 2.69. The van der Waals surface area contributed by atoms with Gasteiger partial charge in [0, 0.05) is 16.5 Å². The zero-order chi connectivity index (χ0) is 25.9. The summed E-state index contributed by atoms with van der Waals surface area (Å²) in [6.45, 7) is 0. The lowest BCUT2D eigenvalue weighted by atomic mass is 10.2. The van der Waals surface area contributed by atoms with E-state index >= 15 is 0 Å². The minimum atomic E-state index is -5.77. The number of phosphoric acid groups is 4. The monoisotopic (exact) mass is 582 g/mol. The number of nitrogens with zero attached hydrogens (tertiary/aromatic N) is 2. The van der Waals surface area contributed by atoms with Crippen LogP contribution in [-0.4, -0.2) is 46.4 Å². The molecule has 0 aliphatic rings. The lowest BCUT2D eigenvalue weighted by molar-refractivity contribution is 0.194. The summed E-state index contributed by atoms with van der Waals surface area (Å²) >= 11 is 5.94. The summed E-state index contributed by atoms with van der Waals surface area (Å²) in [7, 11) is -21.0. The van der Waals surface area contributed by atoms with Gasteiger partial charge in [0.1, 0.15) is 0 Å². The van der Waals surface area contributed by atoms with Crippen molar-refractivity contribution in [3.05, 3.63) is 41.4 Å². The zero-order valence-electron chi connectivity index (χ0n) is 16.5. The highest BCUT2D eigenvalue weighted by molar-refractivity contribution is 7.69. The summed E-state index contributed by atoms with van der Waals surface area (Å²) < 4.78 is 56.0. The second-order valence-electron chi connectivity index (χ2n) is 5.88. The average Bonchev–Trinajstić information content (AvgIpc) is 2.61. The van der Waals surface area contributed by atoms with Gasteiger partial charge >= 0.3 is 31.3 Å². The molecule has 34 heavy (non-hydrogen) atoms. The number of halogens is 1. The van der Waals surface area contributed by atoms with E-state index in [4.69, 9.17) is 45.7 Å². The predicted molar refractivity (Wildman–Crippen MR) is 116 cm³/mol. The van der Waals surface area contributed by atoms with Crippen LogP contribution < -0.4 is 4.74 Å². The second kappa shape index (κ2) is 10.8. The standard InChI is InChI=1S/C13H9ClN2O.H6O13P4/c1-17-13-5-4-10-12(16-13)6-8-2-3-9(14)7-11(8)15-10;1-14(2,3)11-16(7,8)13-17(9,10)12-15(4,5)6/h2-7H,1H3;(H,7,8)(H,9,10)(H2,1,2,3)(H2,4,5,6). The third-order valence-corrected chi connectivity index (χ3v) is 8.48. The van der Waals surface area contributed by atoms with Gasteiger partial charge in [-0.05, 0) is 24.3 Å². The highest BCUT2D eigenvalue weighted by Gasteiger charge is 2.43. The normalized spacial score (nSPS) is 15.8. The van der Waals surface area contributed by atoms with Crippen molar-refractivity contribution in [3.8, 4) is 5.88 Å². The van der Waals surface area contributed by atoms with Gasteiger partial charge in [-0.1, -0.05) is 17.7 Å². The summed E-state index contributed by atoms with van der Waals surface area (Å²) in [4.78, 5) is 58.3. The molecule has 16 nitrogen and oxygen atoms in total. The van der Waals surface area contributed by atoms with Crippen LogP contribution in [0.5, 0.6) is 5.88 Å². The maximum Gasteiger partial charge on any atom is 0.490 e. The molecule has 0 radical (unpaired) electrons. The smallest absolute Gasteiger partial charge is 0.481 e. The molecule has 3 aromatic rings. The van der Waals surface area contributed by atoms with Gasteiger partial charge in [-0.25, -0.2) is 28.2 Å². The Hall–Kier alpha value is -1.31. The van der Waals surface area contributed by atoms with E-state index in [2.05, 4.69) is 22.9 Å². The van der Waals surface area contributed by atoms with Crippen LogP contribution in [0.25, 0.3) is 21.9 Å². The topological polar surface area (TPSA) is 252 Å². The lowest BCUT2D eigenvalue weighted by Crippen LogP contribution is -1.95. The number of aromatic nitrogens is 2. The third-order valence-electron chi connectivity index (χ3n) is 3.24. The van der Waals surface area contributed by atoms with Crippen LogP contribution in [-0.2, 0) is 31.2 Å². The number of hydrogen-bond acceptors (Lipinski definition) is 10. The minimum Gasteiger partial charge on any atom is -0.481 e. The molecule has 2 unspecified atom stereocenters. The van der Waals surface area contributed by atoms with Crippen molar-refractivity contribution in [2.75, 3.05) is 7.11 Å². The number of methoxy groups -OCH3 is 1. The zero-order valence-corrected chi connectivity index (χ0v) is 20.8. The molecular weight excluding hydrogens is 567 g/mol. The number of pyridine rings is 2. The molecule has 2 aromatic heterocycles. The number of ether oxygens (including phenoxy) is 1. The van der Waals surface area contributed by atoms with E-state index in [0.29, 0.717) is 10.9 Å². The Labute approximate surface area is 194 Å². The summed E-state index contributed by atoms with van der Waals surface area (Å²) in [6, 6.07) is 11.3. The lowest BCUT2D eigenvalue weighted by Gasteiger charge is -2.15. The van der Waals surface area contributed by atoms with E-state index in [0.717, 1.165) is 21.9 Å². The van der Waals surface area contributed by atoms with Crippen molar-refractivity contribution in [1.29, 1.82) is 0 Å². The van der Waals surface area contributed by atoms with Crippen molar-refractivity contribution >= 4 is 64.8 Å². The Bertz CT molecular complexity index is 1350. The van der Waals surface area contributed by atoms with Crippen LogP contribution in [0.4, 0.5) is 0 Å². The number of rotatable bonds is 7. The van der Waals surface area contributed by atoms with Gasteiger partial charge in [0.15, 0.2) is 0 Å². The Balaban J connectivity index is 0.000000240. The largest absolute Gasteiger partial charge is 0.490 e. The average molecular weight is 583 g/mol. The van der Waals surface area contributed by atoms with E-state index in [1.165, 1.54) is 0 Å². The molecule has 0 fully saturated rings. The van der Waals surface area contributed by atoms with Crippen molar-refractivity contribution in [2.45, 2.75) is 0 Å². The van der Waals surface area contributed by atoms with Crippen LogP contribution in [0.3, 0.4) is 0 Å². The summed E-state index contributed by atoms with van der Waals surface area (Å²) in [5, 5.41) is 1.70. The first-order valence-corrected chi connectivity index (χ1v) is 14.6. The predicted octanol–water partition coefficient (Wildman–Crippen LogP) is 2.87. The highest BCUT2D eigenvalue weighted by atomic mass is 35.5. The quantitative estimate of drug-likeness (QED) is 0.173. The molecule has 0 spiro atoms. The van der Waals surface area contributed by atoms with Crippen molar-refractivity contribution in [1.82, 2.24) is 9.97 Å². The van der Waals surface area contributed by atoms with E-state index < -0.39 is 31.3 Å². The molecule has 3 rings (SSSR count). The first-order chi connectivity index (χ1) is 15.4. The van der Waals surface area contributed by atoms with Gasteiger partial charge < -0.3 is 34.1 Å². The fourth-order valence-corrected chi connectivity index (χ4v) is 6.34. The second-order valence-corrected chi connectivity index (χ2v) is 12.1. The Morgan fingerprint density at radius 3 is 1.76 bits per heavy atom. The van der Waals surface area contributed by atoms with Crippen molar-refractivity contribution in [2.24, 2.45) is 0 Å². The molecule has 0 aliphatic heterocycles. The minimum absolute atomic E-state index is 0.590. The fourth-order valence-electron chi connectivity index (χ4n) is 2.21.